The van der Waals surface area contributed by atoms with Crippen LogP contribution < -0.4 is 0 Å². The largest absolute Gasteiger partial charge is 0.469 e. The second kappa shape index (κ2) is 5.84. The number of esters is 1. The minimum absolute atomic E-state index is 0.0444. The van der Waals surface area contributed by atoms with Gasteiger partial charge in [-0.3, -0.25) is 9.59 Å². The molecule has 0 aromatic carbocycles. The van der Waals surface area contributed by atoms with E-state index in [1.54, 1.807) is 13.8 Å². The number of likely N-dealkylation sites (tertiary alicyclic amines) is 1. The molecular weight excluding hydrogens is 238 g/mol. The number of amides is 2. The number of carbonyl (C=O) groups is 3. The lowest BCUT2D eigenvalue weighted by Crippen LogP contribution is -2.44. The van der Waals surface area contributed by atoms with Crippen LogP contribution in [-0.4, -0.2) is 42.1 Å². The Labute approximate surface area is 106 Å². The van der Waals surface area contributed by atoms with Gasteiger partial charge >= 0.3 is 12.1 Å². The number of carbonyl (C=O) groups excluding carboxylic acids is 3. The van der Waals surface area contributed by atoms with Crippen molar-refractivity contribution in [3.8, 4) is 0 Å². The van der Waals surface area contributed by atoms with Crippen molar-refractivity contribution in [3.05, 3.63) is 0 Å². The fourth-order valence-corrected chi connectivity index (χ4v) is 1.75. The zero-order valence-electron chi connectivity index (χ0n) is 11.0. The summed E-state index contributed by atoms with van der Waals surface area (Å²) >= 11 is 0. The van der Waals surface area contributed by atoms with Crippen LogP contribution in [0.4, 0.5) is 4.79 Å². The minimum Gasteiger partial charge on any atom is -0.469 e. The monoisotopic (exact) mass is 257 g/mol. The highest BCUT2D eigenvalue weighted by Gasteiger charge is 2.32. The van der Waals surface area contributed by atoms with Gasteiger partial charge in [0.15, 0.2) is 0 Å². The fraction of sp³-hybridized carbons (Fsp3) is 0.750. The highest BCUT2D eigenvalue weighted by molar-refractivity contribution is 5.92. The number of piperidine rings is 1. The SMILES string of the molecule is COC(=O)CC(C)(C)OC(=O)N1CCCCC1=O. The van der Waals surface area contributed by atoms with Crippen molar-refractivity contribution in [2.75, 3.05) is 13.7 Å². The van der Waals surface area contributed by atoms with E-state index in [0.717, 1.165) is 17.7 Å². The summed E-state index contributed by atoms with van der Waals surface area (Å²) in [7, 11) is 1.27. The van der Waals surface area contributed by atoms with Crippen LogP contribution in [0.15, 0.2) is 0 Å². The number of nitrogens with zero attached hydrogens (tertiary/aromatic N) is 1. The smallest absolute Gasteiger partial charge is 0.417 e. The van der Waals surface area contributed by atoms with Gasteiger partial charge in [0.2, 0.25) is 5.91 Å². The zero-order valence-corrected chi connectivity index (χ0v) is 11.0. The number of ether oxygens (including phenoxy) is 2. The van der Waals surface area contributed by atoms with E-state index in [9.17, 15) is 14.4 Å². The first kappa shape index (κ1) is 14.5. The predicted molar refractivity (Wildman–Crippen MR) is 62.8 cm³/mol. The third kappa shape index (κ3) is 4.01. The van der Waals surface area contributed by atoms with E-state index in [1.807, 2.05) is 0 Å². The Morgan fingerprint density at radius 3 is 2.56 bits per heavy atom. The van der Waals surface area contributed by atoms with Crippen LogP contribution >= 0.6 is 0 Å². The highest BCUT2D eigenvalue weighted by atomic mass is 16.6. The normalized spacial score (nSPS) is 16.4. The molecule has 1 heterocycles. The molecular formula is C12H19NO5. The summed E-state index contributed by atoms with van der Waals surface area (Å²) in [4.78, 5) is 35.6. The molecule has 0 bridgehead atoms. The Kier molecular flexibility index (Phi) is 4.69. The maximum atomic E-state index is 11.8. The van der Waals surface area contributed by atoms with Gasteiger partial charge in [-0.15, -0.1) is 0 Å². The third-order valence-corrected chi connectivity index (χ3v) is 2.71. The quantitative estimate of drug-likeness (QED) is 0.716. The van der Waals surface area contributed by atoms with E-state index >= 15 is 0 Å². The van der Waals surface area contributed by atoms with Crippen LogP contribution in [0.25, 0.3) is 0 Å². The summed E-state index contributed by atoms with van der Waals surface area (Å²) in [5.41, 5.74) is -0.984. The van der Waals surface area contributed by atoms with Crippen molar-refractivity contribution in [3.63, 3.8) is 0 Å². The number of imide groups is 1. The van der Waals surface area contributed by atoms with Gasteiger partial charge in [0, 0.05) is 13.0 Å². The molecule has 6 nitrogen and oxygen atoms in total. The summed E-state index contributed by atoms with van der Waals surface area (Å²) in [5.74, 6) is -0.683. The lowest BCUT2D eigenvalue weighted by Gasteiger charge is -2.29. The van der Waals surface area contributed by atoms with Gasteiger partial charge in [0.25, 0.3) is 0 Å². The molecule has 0 aromatic heterocycles. The maximum absolute atomic E-state index is 11.8. The molecule has 0 aliphatic carbocycles. The number of hydrogen-bond donors (Lipinski definition) is 0. The molecule has 1 saturated heterocycles. The number of rotatable bonds is 3. The molecule has 18 heavy (non-hydrogen) atoms. The average Bonchev–Trinajstić information content (AvgIpc) is 2.27. The van der Waals surface area contributed by atoms with Gasteiger partial charge in [0.05, 0.1) is 13.5 Å². The molecule has 0 unspecified atom stereocenters. The first-order chi connectivity index (χ1) is 8.35. The van der Waals surface area contributed by atoms with E-state index in [4.69, 9.17) is 4.74 Å². The highest BCUT2D eigenvalue weighted by Crippen LogP contribution is 2.19. The first-order valence-electron chi connectivity index (χ1n) is 5.96. The van der Waals surface area contributed by atoms with Gasteiger partial charge in [0.1, 0.15) is 5.60 Å². The van der Waals surface area contributed by atoms with Crippen LogP contribution in [0.1, 0.15) is 39.5 Å². The van der Waals surface area contributed by atoms with E-state index in [0.29, 0.717) is 13.0 Å². The van der Waals surface area contributed by atoms with Gasteiger partial charge in [-0.05, 0) is 26.7 Å². The summed E-state index contributed by atoms with van der Waals surface area (Å²) in [6, 6.07) is 0. The molecule has 102 valence electrons. The molecule has 0 saturated carbocycles. The van der Waals surface area contributed by atoms with E-state index in [-0.39, 0.29) is 12.3 Å². The molecule has 1 rings (SSSR count). The standard InChI is InChI=1S/C12H19NO5/c1-12(2,8-10(15)17-3)18-11(16)13-7-5-4-6-9(13)14/h4-8H2,1-3H3. The Morgan fingerprint density at radius 1 is 1.33 bits per heavy atom. The van der Waals surface area contributed by atoms with Crippen molar-refractivity contribution in [1.82, 2.24) is 4.90 Å². The molecule has 0 N–H and O–H groups in total. The summed E-state index contributed by atoms with van der Waals surface area (Å²) in [6.07, 6.45) is 1.23. The third-order valence-electron chi connectivity index (χ3n) is 2.71. The van der Waals surface area contributed by atoms with Crippen LogP contribution in [0.3, 0.4) is 0 Å². The van der Waals surface area contributed by atoms with Gasteiger partial charge in [-0.2, -0.15) is 0 Å². The van der Waals surface area contributed by atoms with E-state index < -0.39 is 17.7 Å². The fourth-order valence-electron chi connectivity index (χ4n) is 1.75. The second-order valence-electron chi connectivity index (χ2n) is 4.88. The maximum Gasteiger partial charge on any atom is 0.417 e. The Bertz CT molecular complexity index is 350. The topological polar surface area (TPSA) is 72.9 Å². The molecule has 0 aromatic rings. The van der Waals surface area contributed by atoms with Crippen LogP contribution in [0, 0.1) is 0 Å². The minimum atomic E-state index is -0.984. The summed E-state index contributed by atoms with van der Waals surface area (Å²) < 4.78 is 9.71. The van der Waals surface area contributed by atoms with Crippen molar-refractivity contribution in [1.29, 1.82) is 0 Å². The van der Waals surface area contributed by atoms with Crippen LogP contribution in [0.2, 0.25) is 0 Å². The molecule has 1 aliphatic rings. The second-order valence-corrected chi connectivity index (χ2v) is 4.88. The molecule has 1 fully saturated rings. The van der Waals surface area contributed by atoms with E-state index in [1.165, 1.54) is 7.11 Å². The van der Waals surface area contributed by atoms with Gasteiger partial charge in [-0.25, -0.2) is 9.69 Å². The summed E-state index contributed by atoms with van der Waals surface area (Å²) in [6.45, 7) is 3.60. The lowest BCUT2D eigenvalue weighted by molar-refractivity contribution is -0.145. The Hall–Kier alpha value is -1.59. The Balaban J connectivity index is 2.57. The summed E-state index contributed by atoms with van der Waals surface area (Å²) in [5, 5.41) is 0. The molecule has 2 amide bonds. The van der Waals surface area contributed by atoms with Crippen molar-refractivity contribution in [2.24, 2.45) is 0 Å². The first-order valence-corrected chi connectivity index (χ1v) is 5.96. The molecule has 0 radical (unpaired) electrons. The predicted octanol–water partition coefficient (Wildman–Crippen LogP) is 1.48. The lowest BCUT2D eigenvalue weighted by atomic mass is 10.1. The van der Waals surface area contributed by atoms with E-state index in [2.05, 4.69) is 4.74 Å². The van der Waals surface area contributed by atoms with Crippen molar-refractivity contribution in [2.45, 2.75) is 45.1 Å². The number of methoxy groups -OCH3 is 1. The Morgan fingerprint density at radius 2 is 2.00 bits per heavy atom. The zero-order chi connectivity index (χ0) is 13.8. The average molecular weight is 257 g/mol. The number of hydrogen-bond acceptors (Lipinski definition) is 5. The molecule has 0 spiro atoms. The van der Waals surface area contributed by atoms with Crippen LogP contribution in [-0.2, 0) is 19.1 Å². The van der Waals surface area contributed by atoms with Crippen molar-refractivity contribution >= 4 is 18.0 Å². The van der Waals surface area contributed by atoms with Crippen molar-refractivity contribution < 1.29 is 23.9 Å². The molecule has 1 aliphatic heterocycles. The van der Waals surface area contributed by atoms with Crippen LogP contribution in [0.5, 0.6) is 0 Å². The molecule has 6 heteroatoms. The van der Waals surface area contributed by atoms with Gasteiger partial charge in [-0.1, -0.05) is 0 Å². The van der Waals surface area contributed by atoms with Gasteiger partial charge < -0.3 is 9.47 Å². The molecule has 0 atom stereocenters.